The van der Waals surface area contributed by atoms with E-state index >= 15 is 0 Å². The molecule has 0 spiro atoms. The number of benzene rings is 2. The van der Waals surface area contributed by atoms with E-state index in [2.05, 4.69) is 77.9 Å². The third kappa shape index (κ3) is 7.87. The number of rotatable bonds is 11. The topological polar surface area (TPSA) is 18.5 Å². The highest BCUT2D eigenvalue weighted by molar-refractivity contribution is 5.40. The molecule has 0 aliphatic rings. The van der Waals surface area contributed by atoms with E-state index in [1.807, 2.05) is 0 Å². The van der Waals surface area contributed by atoms with Crippen molar-refractivity contribution in [3.05, 3.63) is 58.7 Å². The highest BCUT2D eigenvalue weighted by Gasteiger charge is 2.17. The third-order valence-electron chi connectivity index (χ3n) is 6.44. The number of methoxy groups -OCH3 is 2. The van der Waals surface area contributed by atoms with E-state index in [-0.39, 0.29) is 10.8 Å². The Bertz CT molecular complexity index is 765. The zero-order chi connectivity index (χ0) is 23.8. The Hall–Kier alpha value is -1.96. The van der Waals surface area contributed by atoms with E-state index < -0.39 is 0 Å². The Morgan fingerprint density at radius 1 is 0.531 bits per heavy atom. The fourth-order valence-electron chi connectivity index (χ4n) is 4.22. The van der Waals surface area contributed by atoms with Crippen molar-refractivity contribution in [1.29, 1.82) is 0 Å². The minimum Gasteiger partial charge on any atom is -0.496 e. The molecule has 0 amide bonds. The van der Waals surface area contributed by atoms with Gasteiger partial charge in [0.2, 0.25) is 0 Å². The first-order valence-corrected chi connectivity index (χ1v) is 12.4. The maximum Gasteiger partial charge on any atom is 0.122 e. The van der Waals surface area contributed by atoms with Gasteiger partial charge in [-0.2, -0.15) is 0 Å². The molecule has 0 bridgehead atoms. The maximum absolute atomic E-state index is 5.60. The van der Waals surface area contributed by atoms with Gasteiger partial charge in [0.25, 0.3) is 0 Å². The third-order valence-corrected chi connectivity index (χ3v) is 6.44. The molecule has 0 unspecified atom stereocenters. The van der Waals surface area contributed by atoms with Gasteiger partial charge < -0.3 is 9.47 Å². The van der Waals surface area contributed by atoms with Gasteiger partial charge >= 0.3 is 0 Å². The van der Waals surface area contributed by atoms with Gasteiger partial charge in [0.05, 0.1) is 14.2 Å². The molecular formula is C30H46O2. The second-order valence-corrected chi connectivity index (χ2v) is 11.2. The normalized spacial score (nSPS) is 12.1. The predicted octanol–water partition coefficient (Wildman–Crippen LogP) is 8.42. The van der Waals surface area contributed by atoms with Gasteiger partial charge in [-0.05, 0) is 70.9 Å². The first-order chi connectivity index (χ1) is 15.1. The summed E-state index contributed by atoms with van der Waals surface area (Å²) < 4.78 is 11.2. The predicted molar refractivity (Wildman–Crippen MR) is 138 cm³/mol. The van der Waals surface area contributed by atoms with Crippen LogP contribution >= 0.6 is 0 Å². The van der Waals surface area contributed by atoms with Crippen molar-refractivity contribution in [2.24, 2.45) is 0 Å². The molecule has 0 saturated carbocycles. The molecule has 178 valence electrons. The Morgan fingerprint density at radius 3 is 1.19 bits per heavy atom. The van der Waals surface area contributed by atoms with Crippen LogP contribution in [-0.4, -0.2) is 14.2 Å². The van der Waals surface area contributed by atoms with Crippen LogP contribution in [-0.2, 0) is 23.7 Å². The standard InChI is InChI=1S/C30H46O2/c1-29(2,3)25-17-19-27(31-7)23(21-25)15-13-11-9-10-12-14-16-24-22-26(30(4,5)6)18-20-28(24)32-8/h17-22H,9-16H2,1-8H3. The van der Waals surface area contributed by atoms with E-state index in [9.17, 15) is 0 Å². The summed E-state index contributed by atoms with van der Waals surface area (Å²) in [4.78, 5) is 0. The molecule has 2 rings (SSSR count). The summed E-state index contributed by atoms with van der Waals surface area (Å²) in [6.45, 7) is 13.6. The number of aryl methyl sites for hydroxylation is 2. The lowest BCUT2D eigenvalue weighted by atomic mass is 9.85. The molecule has 2 nitrogen and oxygen atoms in total. The average Bonchev–Trinajstić information content (AvgIpc) is 2.74. The molecule has 0 radical (unpaired) electrons. The molecule has 2 heteroatoms. The lowest BCUT2D eigenvalue weighted by Crippen LogP contribution is -2.11. The van der Waals surface area contributed by atoms with Crippen molar-refractivity contribution in [2.75, 3.05) is 14.2 Å². The van der Waals surface area contributed by atoms with Crippen LogP contribution in [0.3, 0.4) is 0 Å². The average molecular weight is 439 g/mol. The number of ether oxygens (including phenoxy) is 2. The molecular weight excluding hydrogens is 392 g/mol. The summed E-state index contributed by atoms with van der Waals surface area (Å²) in [6.07, 6.45) is 9.84. The summed E-state index contributed by atoms with van der Waals surface area (Å²) in [5.74, 6) is 2.06. The largest absolute Gasteiger partial charge is 0.496 e. The van der Waals surface area contributed by atoms with Crippen molar-refractivity contribution >= 4 is 0 Å². The number of hydrogen-bond donors (Lipinski definition) is 0. The Kier molecular flexibility index (Phi) is 9.67. The molecule has 0 fully saturated rings. The van der Waals surface area contributed by atoms with E-state index in [4.69, 9.17) is 9.47 Å². The first-order valence-electron chi connectivity index (χ1n) is 12.4. The van der Waals surface area contributed by atoms with Crippen LogP contribution < -0.4 is 9.47 Å². The fraction of sp³-hybridized carbons (Fsp3) is 0.600. The second-order valence-electron chi connectivity index (χ2n) is 11.2. The van der Waals surface area contributed by atoms with Crippen LogP contribution in [0.15, 0.2) is 36.4 Å². The van der Waals surface area contributed by atoms with Gasteiger partial charge in [-0.15, -0.1) is 0 Å². The number of hydrogen-bond acceptors (Lipinski definition) is 2. The van der Waals surface area contributed by atoms with Crippen molar-refractivity contribution in [1.82, 2.24) is 0 Å². The highest BCUT2D eigenvalue weighted by Crippen LogP contribution is 2.30. The second kappa shape index (κ2) is 11.8. The SMILES string of the molecule is COc1ccc(C(C)(C)C)cc1CCCCCCCCc1cc(C(C)(C)C)ccc1OC. The Morgan fingerprint density at radius 2 is 0.875 bits per heavy atom. The van der Waals surface area contributed by atoms with Crippen LogP contribution in [0.1, 0.15) is 102 Å². The Balaban J connectivity index is 1.75. The van der Waals surface area contributed by atoms with E-state index in [0.29, 0.717) is 0 Å². The fourth-order valence-corrected chi connectivity index (χ4v) is 4.22. The van der Waals surface area contributed by atoms with E-state index in [0.717, 1.165) is 24.3 Å². The maximum atomic E-state index is 5.60. The molecule has 0 aliphatic carbocycles. The van der Waals surface area contributed by atoms with Crippen LogP contribution in [0.4, 0.5) is 0 Å². The van der Waals surface area contributed by atoms with Crippen molar-refractivity contribution in [3.8, 4) is 11.5 Å². The van der Waals surface area contributed by atoms with E-state index in [1.54, 1.807) is 14.2 Å². The summed E-state index contributed by atoms with van der Waals surface area (Å²) in [6, 6.07) is 13.4. The van der Waals surface area contributed by atoms with Crippen molar-refractivity contribution in [3.63, 3.8) is 0 Å². The molecule has 0 atom stereocenters. The molecule has 32 heavy (non-hydrogen) atoms. The van der Waals surface area contributed by atoms with Crippen LogP contribution in [0, 0.1) is 0 Å². The molecule has 0 aromatic heterocycles. The lowest BCUT2D eigenvalue weighted by Gasteiger charge is -2.21. The van der Waals surface area contributed by atoms with Crippen molar-refractivity contribution < 1.29 is 9.47 Å². The zero-order valence-corrected chi connectivity index (χ0v) is 21.9. The van der Waals surface area contributed by atoms with Gasteiger partial charge in [0.15, 0.2) is 0 Å². The van der Waals surface area contributed by atoms with E-state index in [1.165, 1.54) is 60.8 Å². The molecule has 2 aromatic carbocycles. The van der Waals surface area contributed by atoms with Gasteiger partial charge in [-0.25, -0.2) is 0 Å². The van der Waals surface area contributed by atoms with Crippen LogP contribution in [0.5, 0.6) is 11.5 Å². The highest BCUT2D eigenvalue weighted by atomic mass is 16.5. The summed E-state index contributed by atoms with van der Waals surface area (Å²) in [5.41, 5.74) is 5.83. The molecule has 2 aromatic rings. The molecule has 0 aliphatic heterocycles. The monoisotopic (exact) mass is 438 g/mol. The summed E-state index contributed by atoms with van der Waals surface area (Å²) >= 11 is 0. The van der Waals surface area contributed by atoms with Crippen molar-refractivity contribution in [2.45, 2.75) is 104 Å². The molecule has 0 saturated heterocycles. The molecule has 0 N–H and O–H groups in total. The minimum absolute atomic E-state index is 0.177. The minimum atomic E-state index is 0.177. The smallest absolute Gasteiger partial charge is 0.122 e. The van der Waals surface area contributed by atoms with Gasteiger partial charge in [-0.3, -0.25) is 0 Å². The number of unbranched alkanes of at least 4 members (excludes halogenated alkanes) is 5. The lowest BCUT2D eigenvalue weighted by molar-refractivity contribution is 0.407. The van der Waals surface area contributed by atoms with Gasteiger partial charge in [0, 0.05) is 0 Å². The zero-order valence-electron chi connectivity index (χ0n) is 21.9. The first kappa shape index (κ1) is 26.3. The molecule has 0 heterocycles. The summed E-state index contributed by atoms with van der Waals surface area (Å²) in [5, 5.41) is 0. The summed E-state index contributed by atoms with van der Waals surface area (Å²) in [7, 11) is 3.56. The quantitative estimate of drug-likeness (QED) is 0.328. The Labute approximate surface area is 197 Å². The van der Waals surface area contributed by atoms with Gasteiger partial charge in [0.1, 0.15) is 11.5 Å². The van der Waals surface area contributed by atoms with Gasteiger partial charge in [-0.1, -0.05) is 91.5 Å². The van der Waals surface area contributed by atoms with Crippen LogP contribution in [0.2, 0.25) is 0 Å². The van der Waals surface area contributed by atoms with Crippen LogP contribution in [0.25, 0.3) is 0 Å².